The highest BCUT2D eigenvalue weighted by molar-refractivity contribution is 7.17. The van der Waals surface area contributed by atoms with Gasteiger partial charge >= 0.3 is 0 Å². The van der Waals surface area contributed by atoms with Crippen molar-refractivity contribution in [1.82, 2.24) is 9.55 Å². The summed E-state index contributed by atoms with van der Waals surface area (Å²) in [7, 11) is 1.64. The van der Waals surface area contributed by atoms with Gasteiger partial charge in [0.25, 0.3) is 5.56 Å². The van der Waals surface area contributed by atoms with Gasteiger partial charge in [0.05, 0.1) is 25.4 Å². The molecular weight excluding hydrogens is 332 g/mol. The van der Waals surface area contributed by atoms with E-state index in [4.69, 9.17) is 4.74 Å². The summed E-state index contributed by atoms with van der Waals surface area (Å²) in [6.45, 7) is 0.482. The summed E-state index contributed by atoms with van der Waals surface area (Å²) in [6, 6.07) is 17.7. The third-order valence-electron chi connectivity index (χ3n) is 4.16. The summed E-state index contributed by atoms with van der Waals surface area (Å²) in [5, 5.41) is 2.69. The monoisotopic (exact) mass is 348 g/mol. The summed E-state index contributed by atoms with van der Waals surface area (Å²) in [4.78, 5) is 18.3. The van der Waals surface area contributed by atoms with Crippen molar-refractivity contribution < 1.29 is 4.74 Å². The summed E-state index contributed by atoms with van der Waals surface area (Å²) >= 11 is 1.50. The average Bonchev–Trinajstić information content (AvgIpc) is 3.10. The third-order valence-corrected chi connectivity index (χ3v) is 5.04. The molecule has 0 unspecified atom stereocenters. The molecule has 0 atom stereocenters. The maximum Gasteiger partial charge on any atom is 0.263 e. The molecule has 4 rings (SSSR count). The Morgan fingerprint density at radius 3 is 2.56 bits per heavy atom. The van der Waals surface area contributed by atoms with Crippen LogP contribution < -0.4 is 10.3 Å². The van der Waals surface area contributed by atoms with Crippen LogP contribution in [0.1, 0.15) is 5.56 Å². The van der Waals surface area contributed by atoms with Gasteiger partial charge in [0.2, 0.25) is 0 Å². The number of nitrogens with zero attached hydrogens (tertiary/aromatic N) is 2. The maximum absolute atomic E-state index is 13.0. The molecule has 0 aliphatic carbocycles. The Balaban J connectivity index is 1.78. The molecule has 5 heteroatoms. The van der Waals surface area contributed by atoms with Gasteiger partial charge in [-0.2, -0.15) is 0 Å². The molecule has 0 aliphatic rings. The zero-order valence-corrected chi connectivity index (χ0v) is 14.5. The Morgan fingerprint density at radius 1 is 1.08 bits per heavy atom. The van der Waals surface area contributed by atoms with Crippen LogP contribution in [0.2, 0.25) is 0 Å². The van der Waals surface area contributed by atoms with E-state index >= 15 is 0 Å². The maximum atomic E-state index is 13.0. The summed E-state index contributed by atoms with van der Waals surface area (Å²) in [5.41, 5.74) is 3.00. The van der Waals surface area contributed by atoms with Gasteiger partial charge in [-0.25, -0.2) is 4.98 Å². The lowest BCUT2D eigenvalue weighted by Crippen LogP contribution is -2.20. The van der Waals surface area contributed by atoms with Crippen molar-refractivity contribution in [3.8, 4) is 16.9 Å². The van der Waals surface area contributed by atoms with Crippen molar-refractivity contribution >= 4 is 21.6 Å². The van der Waals surface area contributed by atoms with Gasteiger partial charge in [0.1, 0.15) is 10.6 Å². The van der Waals surface area contributed by atoms with E-state index in [1.54, 1.807) is 18.0 Å². The lowest BCUT2D eigenvalue weighted by atomic mass is 10.1. The highest BCUT2D eigenvalue weighted by atomic mass is 32.1. The van der Waals surface area contributed by atoms with Gasteiger partial charge in [-0.1, -0.05) is 42.5 Å². The molecule has 0 saturated carbocycles. The number of ether oxygens (including phenoxy) is 1. The zero-order valence-electron chi connectivity index (χ0n) is 13.7. The first-order valence-corrected chi connectivity index (χ1v) is 8.79. The first kappa shape index (κ1) is 15.6. The van der Waals surface area contributed by atoms with Gasteiger partial charge in [0, 0.05) is 10.9 Å². The smallest absolute Gasteiger partial charge is 0.263 e. The molecule has 2 heterocycles. The van der Waals surface area contributed by atoms with E-state index in [9.17, 15) is 4.79 Å². The SMILES string of the molecule is COc1ccc(Cn2cnc3scc(-c4ccccc4)c3c2=O)cc1. The molecular formula is C20H16N2O2S. The molecule has 0 aliphatic heterocycles. The molecule has 0 radical (unpaired) electrons. The van der Waals surface area contributed by atoms with E-state index < -0.39 is 0 Å². The van der Waals surface area contributed by atoms with E-state index in [1.165, 1.54) is 11.3 Å². The third kappa shape index (κ3) is 2.94. The van der Waals surface area contributed by atoms with Gasteiger partial charge < -0.3 is 4.74 Å². The standard InChI is InChI=1S/C20H16N2O2S/c1-24-16-9-7-14(8-10-16)11-22-13-21-19-18(20(22)23)17(12-25-19)15-5-3-2-4-6-15/h2-10,12-13H,11H2,1H3. The number of hydrogen-bond donors (Lipinski definition) is 0. The van der Waals surface area contributed by atoms with Crippen LogP contribution in [0.5, 0.6) is 5.75 Å². The molecule has 2 aromatic carbocycles. The zero-order chi connectivity index (χ0) is 17.2. The Hall–Kier alpha value is -2.92. The lowest BCUT2D eigenvalue weighted by molar-refractivity contribution is 0.414. The van der Waals surface area contributed by atoms with Crippen LogP contribution in [0.25, 0.3) is 21.3 Å². The van der Waals surface area contributed by atoms with Crippen molar-refractivity contribution in [2.75, 3.05) is 7.11 Å². The number of aromatic nitrogens is 2. The molecule has 25 heavy (non-hydrogen) atoms. The first-order valence-electron chi connectivity index (χ1n) is 7.91. The average molecular weight is 348 g/mol. The minimum atomic E-state index is -0.0130. The first-order chi connectivity index (χ1) is 12.3. The molecule has 124 valence electrons. The van der Waals surface area contributed by atoms with Crippen LogP contribution in [0.4, 0.5) is 0 Å². The molecule has 0 saturated heterocycles. The second-order valence-electron chi connectivity index (χ2n) is 5.72. The quantitative estimate of drug-likeness (QED) is 0.556. The molecule has 0 fully saturated rings. The molecule has 0 spiro atoms. The van der Waals surface area contributed by atoms with Gasteiger partial charge in [-0.3, -0.25) is 9.36 Å². The summed E-state index contributed by atoms with van der Waals surface area (Å²) in [5.74, 6) is 0.800. The number of hydrogen-bond acceptors (Lipinski definition) is 4. The van der Waals surface area contributed by atoms with Crippen molar-refractivity contribution in [2.45, 2.75) is 6.54 Å². The fourth-order valence-electron chi connectivity index (χ4n) is 2.84. The van der Waals surface area contributed by atoms with Crippen molar-refractivity contribution in [3.63, 3.8) is 0 Å². The Labute approximate surface area is 149 Å². The molecule has 4 nitrogen and oxygen atoms in total. The van der Waals surface area contributed by atoms with Gasteiger partial charge in [-0.15, -0.1) is 11.3 Å². The van der Waals surface area contributed by atoms with Crippen LogP contribution in [0.15, 0.2) is 71.1 Å². The molecule has 0 bridgehead atoms. The minimum Gasteiger partial charge on any atom is -0.497 e. The summed E-state index contributed by atoms with van der Waals surface area (Å²) in [6.07, 6.45) is 1.63. The second kappa shape index (κ2) is 6.53. The Bertz CT molecular complexity index is 1070. The number of benzene rings is 2. The largest absolute Gasteiger partial charge is 0.497 e. The van der Waals surface area contributed by atoms with Crippen LogP contribution in [0.3, 0.4) is 0 Å². The topological polar surface area (TPSA) is 44.1 Å². The lowest BCUT2D eigenvalue weighted by Gasteiger charge is -2.07. The fourth-order valence-corrected chi connectivity index (χ4v) is 3.74. The predicted octanol–water partition coefficient (Wildman–Crippen LogP) is 4.18. The predicted molar refractivity (Wildman–Crippen MR) is 101 cm³/mol. The molecule has 2 aromatic heterocycles. The highest BCUT2D eigenvalue weighted by Crippen LogP contribution is 2.30. The van der Waals surface area contributed by atoms with Crippen molar-refractivity contribution in [1.29, 1.82) is 0 Å². The van der Waals surface area contributed by atoms with Crippen LogP contribution in [-0.4, -0.2) is 16.7 Å². The number of rotatable bonds is 4. The van der Waals surface area contributed by atoms with Gasteiger partial charge in [0.15, 0.2) is 0 Å². The normalized spacial score (nSPS) is 10.9. The Morgan fingerprint density at radius 2 is 1.84 bits per heavy atom. The number of methoxy groups -OCH3 is 1. The Kier molecular flexibility index (Phi) is 4.07. The van der Waals surface area contributed by atoms with Crippen LogP contribution in [-0.2, 0) is 6.54 Å². The van der Waals surface area contributed by atoms with Gasteiger partial charge in [-0.05, 0) is 23.3 Å². The number of fused-ring (bicyclic) bond motifs is 1. The van der Waals surface area contributed by atoms with E-state index in [0.29, 0.717) is 11.9 Å². The van der Waals surface area contributed by atoms with Crippen LogP contribution in [0, 0.1) is 0 Å². The highest BCUT2D eigenvalue weighted by Gasteiger charge is 2.13. The van der Waals surface area contributed by atoms with E-state index in [0.717, 1.165) is 27.3 Å². The minimum absolute atomic E-state index is 0.0130. The molecule has 0 amide bonds. The van der Waals surface area contributed by atoms with E-state index in [-0.39, 0.29) is 5.56 Å². The van der Waals surface area contributed by atoms with Crippen LogP contribution >= 0.6 is 11.3 Å². The van der Waals surface area contributed by atoms with Crippen molar-refractivity contribution in [3.05, 3.63) is 82.2 Å². The van der Waals surface area contributed by atoms with E-state index in [1.807, 2.05) is 60.0 Å². The fraction of sp³-hybridized carbons (Fsp3) is 0.100. The summed E-state index contributed by atoms with van der Waals surface area (Å²) < 4.78 is 6.83. The van der Waals surface area contributed by atoms with E-state index in [2.05, 4.69) is 4.98 Å². The molecule has 0 N–H and O–H groups in total. The second-order valence-corrected chi connectivity index (χ2v) is 6.58. The molecule has 4 aromatic rings. The van der Waals surface area contributed by atoms with Crippen molar-refractivity contribution in [2.24, 2.45) is 0 Å². The number of thiophene rings is 1.